The van der Waals surface area contributed by atoms with Gasteiger partial charge in [0.15, 0.2) is 0 Å². The van der Waals surface area contributed by atoms with Gasteiger partial charge in [-0.2, -0.15) is 5.26 Å². The number of nitriles is 1. The van der Waals surface area contributed by atoms with E-state index in [4.69, 9.17) is 28.3 Å². The predicted octanol–water partition coefficient (Wildman–Crippen LogP) is 6.12. The zero-order valence-corrected chi connectivity index (χ0v) is 23.6. The van der Waals surface area contributed by atoms with Crippen molar-refractivity contribution in [2.24, 2.45) is 11.3 Å². The SMILES string of the molecule is CC(C)C(C)(C)C[C@@H]1N[C@@H](C(=O)NCCCCO)[C@H](c2cccc(Cl)c2F)[C@@]1(C#N)c1ccc(Cl)cc1F. The van der Waals surface area contributed by atoms with Crippen LogP contribution >= 0.6 is 23.2 Å². The van der Waals surface area contributed by atoms with Crippen LogP contribution in [0.4, 0.5) is 8.78 Å². The van der Waals surface area contributed by atoms with Crippen molar-refractivity contribution in [1.29, 1.82) is 5.26 Å². The first-order valence-corrected chi connectivity index (χ1v) is 13.6. The summed E-state index contributed by atoms with van der Waals surface area (Å²) >= 11 is 12.2. The van der Waals surface area contributed by atoms with Crippen molar-refractivity contribution in [2.45, 2.75) is 70.4 Å². The van der Waals surface area contributed by atoms with E-state index in [1.54, 1.807) is 6.07 Å². The molecule has 0 saturated carbocycles. The maximum Gasteiger partial charge on any atom is 0.237 e. The van der Waals surface area contributed by atoms with E-state index in [1.165, 1.54) is 24.3 Å². The van der Waals surface area contributed by atoms with Crippen molar-refractivity contribution < 1.29 is 18.7 Å². The maximum absolute atomic E-state index is 15.7. The minimum atomic E-state index is -1.67. The van der Waals surface area contributed by atoms with Gasteiger partial charge in [-0.25, -0.2) is 8.78 Å². The summed E-state index contributed by atoms with van der Waals surface area (Å²) in [5, 5.41) is 26.2. The molecule has 2 aromatic carbocycles. The Morgan fingerprint density at radius 2 is 1.95 bits per heavy atom. The summed E-state index contributed by atoms with van der Waals surface area (Å²) in [6.45, 7) is 8.51. The Hall–Kier alpha value is -2.24. The van der Waals surface area contributed by atoms with Gasteiger partial charge in [0.1, 0.15) is 17.0 Å². The number of carbonyl (C=O) groups is 1. The zero-order valence-electron chi connectivity index (χ0n) is 22.1. The van der Waals surface area contributed by atoms with E-state index in [0.29, 0.717) is 25.8 Å². The van der Waals surface area contributed by atoms with Crippen LogP contribution in [-0.2, 0) is 10.2 Å². The first-order chi connectivity index (χ1) is 17.9. The molecule has 1 saturated heterocycles. The summed E-state index contributed by atoms with van der Waals surface area (Å²) in [4.78, 5) is 13.6. The van der Waals surface area contributed by atoms with Crippen LogP contribution in [0.2, 0.25) is 10.0 Å². The van der Waals surface area contributed by atoms with Gasteiger partial charge in [-0.1, -0.05) is 69.1 Å². The number of hydrogen-bond donors (Lipinski definition) is 3. The van der Waals surface area contributed by atoms with Crippen molar-refractivity contribution in [2.75, 3.05) is 13.2 Å². The second-order valence-corrected chi connectivity index (χ2v) is 11.8. The van der Waals surface area contributed by atoms with E-state index < -0.39 is 41.0 Å². The molecule has 1 amide bonds. The third-order valence-electron chi connectivity index (χ3n) is 8.09. The highest BCUT2D eigenvalue weighted by Gasteiger charge is 2.61. The fourth-order valence-corrected chi connectivity index (χ4v) is 5.61. The van der Waals surface area contributed by atoms with Gasteiger partial charge in [0.05, 0.1) is 17.1 Å². The highest BCUT2D eigenvalue weighted by molar-refractivity contribution is 6.31. The minimum Gasteiger partial charge on any atom is -0.396 e. The third-order valence-corrected chi connectivity index (χ3v) is 8.62. The predicted molar refractivity (Wildman–Crippen MR) is 146 cm³/mol. The van der Waals surface area contributed by atoms with Crippen LogP contribution in [0.3, 0.4) is 0 Å². The Labute approximate surface area is 233 Å². The molecule has 9 heteroatoms. The fourth-order valence-electron chi connectivity index (χ4n) is 5.26. The van der Waals surface area contributed by atoms with Gasteiger partial charge in [-0.15, -0.1) is 0 Å². The zero-order chi connectivity index (χ0) is 28.3. The quantitative estimate of drug-likeness (QED) is 0.303. The molecule has 0 aliphatic carbocycles. The Morgan fingerprint density at radius 3 is 2.55 bits per heavy atom. The van der Waals surface area contributed by atoms with Crippen molar-refractivity contribution in [3.05, 3.63) is 69.2 Å². The number of hydrogen-bond acceptors (Lipinski definition) is 4. The monoisotopic (exact) mass is 565 g/mol. The second kappa shape index (κ2) is 12.3. The van der Waals surface area contributed by atoms with Gasteiger partial charge < -0.3 is 15.7 Å². The molecule has 0 aromatic heterocycles. The van der Waals surface area contributed by atoms with Gasteiger partial charge in [0, 0.05) is 35.7 Å². The lowest BCUT2D eigenvalue weighted by Crippen LogP contribution is -2.46. The normalized spacial score (nSPS) is 23.4. The molecule has 4 atom stereocenters. The number of halogens is 4. The summed E-state index contributed by atoms with van der Waals surface area (Å²) in [5.41, 5.74) is -1.88. The van der Waals surface area contributed by atoms with Crippen molar-refractivity contribution in [3.8, 4) is 6.07 Å². The van der Waals surface area contributed by atoms with Crippen molar-refractivity contribution in [1.82, 2.24) is 10.6 Å². The minimum absolute atomic E-state index is 0.00630. The molecule has 0 spiro atoms. The molecule has 38 heavy (non-hydrogen) atoms. The maximum atomic E-state index is 15.7. The largest absolute Gasteiger partial charge is 0.396 e. The highest BCUT2D eigenvalue weighted by Crippen LogP contribution is 2.53. The average Bonchev–Trinajstić information content (AvgIpc) is 3.17. The molecule has 1 aliphatic rings. The molecule has 206 valence electrons. The van der Waals surface area contributed by atoms with E-state index in [0.717, 1.165) is 6.07 Å². The van der Waals surface area contributed by atoms with E-state index >= 15 is 8.78 Å². The van der Waals surface area contributed by atoms with E-state index in [-0.39, 0.29) is 39.1 Å². The number of carbonyl (C=O) groups excluding carboxylic acids is 1. The summed E-state index contributed by atoms with van der Waals surface area (Å²) in [6.07, 6.45) is 1.46. The van der Waals surface area contributed by atoms with E-state index in [9.17, 15) is 10.1 Å². The standard InChI is InChI=1S/C29H35Cl2F2N3O2/c1-17(2)28(3,4)15-23-29(16-34,20-11-10-18(30)14-22(20)32)24(19-8-7-9-21(31)25(19)33)26(36-23)27(38)35-12-5-6-13-37/h7-11,14,17,23-24,26,36-37H,5-6,12-13,15H2,1-4H3,(H,35,38)/t23-,24-,26+,29-/m0/s1. The van der Waals surface area contributed by atoms with Crippen molar-refractivity contribution in [3.63, 3.8) is 0 Å². The van der Waals surface area contributed by atoms with Crippen LogP contribution in [0.5, 0.6) is 0 Å². The first-order valence-electron chi connectivity index (χ1n) is 12.9. The van der Waals surface area contributed by atoms with Gasteiger partial charge in [-0.3, -0.25) is 4.79 Å². The summed E-state index contributed by atoms with van der Waals surface area (Å²) in [5.74, 6) is -2.80. The van der Waals surface area contributed by atoms with Crippen LogP contribution in [0.25, 0.3) is 0 Å². The number of unbranched alkanes of at least 4 members (excludes halogenated alkanes) is 1. The van der Waals surface area contributed by atoms with Gasteiger partial charge in [0.2, 0.25) is 5.91 Å². The number of benzene rings is 2. The van der Waals surface area contributed by atoms with Crippen LogP contribution in [0.1, 0.15) is 64.0 Å². The molecule has 5 nitrogen and oxygen atoms in total. The number of aliphatic hydroxyl groups excluding tert-OH is 1. The average molecular weight is 567 g/mol. The number of nitrogens with one attached hydrogen (secondary N) is 2. The molecule has 1 fully saturated rings. The van der Waals surface area contributed by atoms with E-state index in [1.807, 2.05) is 0 Å². The molecular formula is C29H35Cl2F2N3O2. The Balaban J connectivity index is 2.28. The molecule has 0 radical (unpaired) electrons. The molecule has 1 aliphatic heterocycles. The van der Waals surface area contributed by atoms with Crippen LogP contribution < -0.4 is 10.6 Å². The second-order valence-electron chi connectivity index (χ2n) is 11.0. The highest BCUT2D eigenvalue weighted by atomic mass is 35.5. The fraction of sp³-hybridized carbons (Fsp3) is 0.517. The first kappa shape index (κ1) is 30.3. The molecule has 0 unspecified atom stereocenters. The molecule has 1 heterocycles. The molecule has 2 aromatic rings. The molecule has 0 bridgehead atoms. The van der Waals surface area contributed by atoms with Crippen LogP contribution in [0.15, 0.2) is 36.4 Å². The lowest BCUT2D eigenvalue weighted by atomic mass is 9.61. The van der Waals surface area contributed by atoms with E-state index in [2.05, 4.69) is 44.4 Å². The number of aliphatic hydroxyl groups is 1. The topological polar surface area (TPSA) is 85.2 Å². The summed E-state index contributed by atoms with van der Waals surface area (Å²) in [7, 11) is 0. The summed E-state index contributed by atoms with van der Waals surface area (Å²) < 4.78 is 31.3. The Bertz CT molecular complexity index is 1200. The number of amides is 1. The number of nitrogens with zero attached hydrogens (tertiary/aromatic N) is 1. The van der Waals surface area contributed by atoms with Crippen molar-refractivity contribution >= 4 is 29.1 Å². The number of rotatable bonds is 10. The molecule has 3 N–H and O–H groups in total. The van der Waals surface area contributed by atoms with Gasteiger partial charge >= 0.3 is 0 Å². The molecule has 3 rings (SSSR count). The van der Waals surface area contributed by atoms with Crippen LogP contribution in [-0.4, -0.2) is 36.2 Å². The van der Waals surface area contributed by atoms with Gasteiger partial charge in [0.25, 0.3) is 0 Å². The van der Waals surface area contributed by atoms with Crippen LogP contribution in [0, 0.1) is 34.3 Å². The molecular weight excluding hydrogens is 531 g/mol. The summed E-state index contributed by atoms with van der Waals surface area (Å²) in [6, 6.07) is 9.12. The lowest BCUT2D eigenvalue weighted by molar-refractivity contribution is -0.123. The Morgan fingerprint density at radius 1 is 1.24 bits per heavy atom. The Kier molecular flexibility index (Phi) is 9.81. The lowest BCUT2D eigenvalue weighted by Gasteiger charge is -2.39. The van der Waals surface area contributed by atoms with Gasteiger partial charge in [-0.05, 0) is 54.4 Å². The smallest absolute Gasteiger partial charge is 0.237 e. The third kappa shape index (κ3) is 5.84.